The quantitative estimate of drug-likeness (QED) is 0.394. The van der Waals surface area contributed by atoms with Crippen LogP contribution in [-0.2, 0) is 30.3 Å². The first kappa shape index (κ1) is 36.8. The number of allylic oxidation sites excluding steroid dienone is 1. The van der Waals surface area contributed by atoms with E-state index in [-0.39, 0.29) is 48.6 Å². The fourth-order valence-electron chi connectivity index (χ4n) is 8.21. The molecule has 5 aliphatic rings. The van der Waals surface area contributed by atoms with Gasteiger partial charge in [0.15, 0.2) is 0 Å². The lowest BCUT2D eigenvalue weighted by Crippen LogP contribution is -2.62. The molecule has 284 valence electrons. The number of hydrogen-bond donors (Lipinski definition) is 2. The van der Waals surface area contributed by atoms with Crippen LogP contribution >= 0.6 is 0 Å². The maximum atomic E-state index is 13.8. The van der Waals surface area contributed by atoms with Crippen LogP contribution in [0.15, 0.2) is 58.6 Å². The van der Waals surface area contributed by atoms with E-state index < -0.39 is 24.3 Å². The second kappa shape index (κ2) is 15.4. The molecule has 7 rings (SSSR count). The highest BCUT2D eigenvalue weighted by molar-refractivity contribution is 6.04. The van der Waals surface area contributed by atoms with E-state index in [4.69, 9.17) is 19.5 Å². The fourth-order valence-corrected chi connectivity index (χ4v) is 8.21. The van der Waals surface area contributed by atoms with Gasteiger partial charge in [0.25, 0.3) is 5.91 Å². The van der Waals surface area contributed by atoms with Crippen LogP contribution in [-0.4, -0.2) is 108 Å². The van der Waals surface area contributed by atoms with E-state index in [1.807, 2.05) is 24.9 Å². The van der Waals surface area contributed by atoms with Gasteiger partial charge in [-0.2, -0.15) is 0 Å². The summed E-state index contributed by atoms with van der Waals surface area (Å²) in [6.45, 7) is 4.88. The smallest absolute Gasteiger partial charge is 0.407 e. The minimum Gasteiger partial charge on any atom is -0.453 e. The standard InChI is InChI=1S/C40H47N7O7/c1-23(2)36(44-40(52)54-4)38(50)45-17-5-7-33(45)31-21-28(22-41-31)25-11-9-24(10-12-25)26-13-14-27-20-32(42-30(27)19-26)34-8-6-18-46-35(48)16-15-29(37(49)47(34)46)43-39(51)53-3/h9-14,19,22-23,29,33-34,36H,5-8,15-18,20-21H2,1-4H3,(H,43,51)(H,44,52)/t29-,33-,34-,36-/m0/s1. The number of fused-ring (bicyclic) bond motifs is 2. The summed E-state index contributed by atoms with van der Waals surface area (Å²) < 4.78 is 9.50. The third-order valence-corrected chi connectivity index (χ3v) is 11.1. The summed E-state index contributed by atoms with van der Waals surface area (Å²) in [6, 6.07) is 12.5. The Morgan fingerprint density at radius 1 is 0.833 bits per heavy atom. The number of likely N-dealkylation sites (tertiary alicyclic amines) is 1. The van der Waals surface area contributed by atoms with E-state index in [1.165, 1.54) is 19.2 Å². The van der Waals surface area contributed by atoms with Gasteiger partial charge in [0.2, 0.25) is 11.8 Å². The van der Waals surface area contributed by atoms with Gasteiger partial charge in [0.05, 0.1) is 32.0 Å². The second-order valence-corrected chi connectivity index (χ2v) is 14.8. The highest BCUT2D eigenvalue weighted by atomic mass is 16.5. The summed E-state index contributed by atoms with van der Waals surface area (Å²) in [4.78, 5) is 76.0. The SMILES string of the molecule is COC(=O)N[C@H]1CCC(=O)N2CCC[C@@H](C3=Nc4cc(-c5ccc(C6=CN=C([C@@H]7CCCN7C(=O)[C@@H](NC(=O)OC)C(C)C)C6)cc5)ccc4C3)N2C1=O. The summed E-state index contributed by atoms with van der Waals surface area (Å²) >= 11 is 0. The van der Waals surface area contributed by atoms with Gasteiger partial charge in [0.1, 0.15) is 12.1 Å². The van der Waals surface area contributed by atoms with Crippen LogP contribution in [0.2, 0.25) is 0 Å². The molecule has 2 aromatic rings. The van der Waals surface area contributed by atoms with Crippen LogP contribution in [0.4, 0.5) is 15.3 Å². The van der Waals surface area contributed by atoms with Gasteiger partial charge in [-0.15, -0.1) is 0 Å². The van der Waals surface area contributed by atoms with E-state index >= 15 is 0 Å². The highest BCUT2D eigenvalue weighted by Gasteiger charge is 2.44. The molecule has 3 saturated heterocycles. The number of benzene rings is 2. The molecule has 5 amide bonds. The molecule has 5 aliphatic heterocycles. The third kappa shape index (κ3) is 7.21. The first-order valence-corrected chi connectivity index (χ1v) is 18.8. The molecule has 0 aliphatic carbocycles. The Labute approximate surface area is 314 Å². The molecule has 0 radical (unpaired) electrons. The van der Waals surface area contributed by atoms with Crippen molar-refractivity contribution < 1.29 is 33.4 Å². The molecule has 5 heterocycles. The van der Waals surface area contributed by atoms with Crippen LogP contribution in [0.3, 0.4) is 0 Å². The van der Waals surface area contributed by atoms with Crippen molar-refractivity contribution in [2.45, 2.75) is 89.4 Å². The number of carbonyl (C=O) groups excluding carboxylic acids is 5. The number of methoxy groups -OCH3 is 2. The number of hydrazine groups is 1. The van der Waals surface area contributed by atoms with Crippen molar-refractivity contribution in [1.29, 1.82) is 0 Å². The topological polar surface area (TPSA) is 162 Å². The number of alkyl carbamates (subject to hydrolysis) is 2. The van der Waals surface area contributed by atoms with Crippen molar-refractivity contribution in [2.24, 2.45) is 15.9 Å². The lowest BCUT2D eigenvalue weighted by molar-refractivity contribution is -0.169. The number of ether oxygens (including phenoxy) is 2. The first-order chi connectivity index (χ1) is 26.1. The number of rotatable bonds is 8. The van der Waals surface area contributed by atoms with Crippen LogP contribution in [0.25, 0.3) is 16.7 Å². The van der Waals surface area contributed by atoms with E-state index in [0.717, 1.165) is 64.2 Å². The monoisotopic (exact) mass is 737 g/mol. The Hall–Kier alpha value is -5.53. The molecule has 14 nitrogen and oxygen atoms in total. The molecule has 14 heteroatoms. The molecular formula is C40H47N7O7. The average molecular weight is 738 g/mol. The van der Waals surface area contributed by atoms with Crippen LogP contribution < -0.4 is 10.6 Å². The average Bonchev–Trinajstić information content (AvgIpc) is 3.96. The summed E-state index contributed by atoms with van der Waals surface area (Å²) in [5.41, 5.74) is 7.86. The number of carbonyl (C=O) groups is 5. The maximum absolute atomic E-state index is 13.8. The van der Waals surface area contributed by atoms with E-state index in [1.54, 1.807) is 5.01 Å². The Balaban J connectivity index is 1.02. The zero-order valence-corrected chi connectivity index (χ0v) is 31.2. The number of aliphatic imine (C=N–C) groups is 2. The van der Waals surface area contributed by atoms with Crippen LogP contribution in [0.1, 0.15) is 69.9 Å². The summed E-state index contributed by atoms with van der Waals surface area (Å²) in [5, 5.41) is 8.39. The van der Waals surface area contributed by atoms with Gasteiger partial charge in [-0.05, 0) is 71.9 Å². The molecule has 3 fully saturated rings. The molecule has 0 aromatic heterocycles. The van der Waals surface area contributed by atoms with Crippen molar-refractivity contribution in [2.75, 3.05) is 27.3 Å². The van der Waals surface area contributed by atoms with Gasteiger partial charge in [0, 0.05) is 50.0 Å². The molecule has 0 bridgehead atoms. The fraction of sp³-hybridized carbons (Fsp3) is 0.475. The van der Waals surface area contributed by atoms with Crippen molar-refractivity contribution in [3.05, 3.63) is 59.8 Å². The molecular weight excluding hydrogens is 690 g/mol. The second-order valence-electron chi connectivity index (χ2n) is 14.8. The maximum Gasteiger partial charge on any atom is 0.407 e. The minimum atomic E-state index is -0.856. The zero-order chi connectivity index (χ0) is 38.1. The lowest BCUT2D eigenvalue weighted by Gasteiger charge is -2.43. The van der Waals surface area contributed by atoms with Crippen molar-refractivity contribution in [3.63, 3.8) is 0 Å². The van der Waals surface area contributed by atoms with E-state index in [0.29, 0.717) is 32.4 Å². The Morgan fingerprint density at radius 2 is 1.54 bits per heavy atom. The molecule has 2 aromatic carbocycles. The van der Waals surface area contributed by atoms with Crippen molar-refractivity contribution in [3.8, 4) is 11.1 Å². The normalized spacial score (nSPS) is 22.9. The molecule has 54 heavy (non-hydrogen) atoms. The van der Waals surface area contributed by atoms with Crippen molar-refractivity contribution in [1.82, 2.24) is 25.6 Å². The van der Waals surface area contributed by atoms with Crippen LogP contribution in [0, 0.1) is 5.92 Å². The number of amides is 5. The molecule has 4 atom stereocenters. The summed E-state index contributed by atoms with van der Waals surface area (Å²) in [5.74, 6) is -0.675. The molecule has 2 N–H and O–H groups in total. The largest absolute Gasteiger partial charge is 0.453 e. The molecule has 0 spiro atoms. The van der Waals surface area contributed by atoms with Crippen molar-refractivity contribution >= 4 is 52.6 Å². The predicted molar refractivity (Wildman–Crippen MR) is 202 cm³/mol. The van der Waals surface area contributed by atoms with E-state index in [2.05, 4.69) is 53.1 Å². The Morgan fingerprint density at radius 3 is 2.28 bits per heavy atom. The third-order valence-electron chi connectivity index (χ3n) is 11.1. The zero-order valence-electron chi connectivity index (χ0n) is 31.2. The van der Waals surface area contributed by atoms with E-state index in [9.17, 15) is 24.0 Å². The van der Waals surface area contributed by atoms with Gasteiger partial charge >= 0.3 is 12.2 Å². The first-order valence-electron chi connectivity index (χ1n) is 18.8. The predicted octanol–water partition coefficient (Wildman–Crippen LogP) is 4.79. The molecule has 0 saturated carbocycles. The summed E-state index contributed by atoms with van der Waals surface area (Å²) in [7, 11) is 2.54. The number of hydrogen-bond acceptors (Lipinski definition) is 9. The van der Waals surface area contributed by atoms with Gasteiger partial charge in [-0.1, -0.05) is 50.2 Å². The minimum absolute atomic E-state index is 0.0963. The van der Waals surface area contributed by atoms with Gasteiger partial charge < -0.3 is 25.0 Å². The number of nitrogens with one attached hydrogen (secondary N) is 2. The van der Waals surface area contributed by atoms with Crippen LogP contribution in [0.5, 0.6) is 0 Å². The highest BCUT2D eigenvalue weighted by Crippen LogP contribution is 2.37. The Kier molecular flexibility index (Phi) is 10.5. The molecule has 0 unspecified atom stereocenters. The number of nitrogens with zero attached hydrogens (tertiary/aromatic N) is 5. The lowest BCUT2D eigenvalue weighted by atomic mass is 9.95. The van der Waals surface area contributed by atoms with Gasteiger partial charge in [-0.3, -0.25) is 29.4 Å². The summed E-state index contributed by atoms with van der Waals surface area (Å²) in [6.07, 6.45) is 5.27. The Bertz CT molecular complexity index is 1940. The van der Waals surface area contributed by atoms with Gasteiger partial charge in [-0.25, -0.2) is 14.6 Å².